The number of carbonyl (C=O) groups is 3. The molecule has 29 heavy (non-hydrogen) atoms. The second kappa shape index (κ2) is 8.97. The van der Waals surface area contributed by atoms with E-state index in [9.17, 15) is 24.6 Å². The van der Waals surface area contributed by atoms with E-state index in [4.69, 9.17) is 4.42 Å². The van der Waals surface area contributed by atoms with E-state index in [-0.39, 0.29) is 36.1 Å². The number of imide groups is 1. The summed E-state index contributed by atoms with van der Waals surface area (Å²) >= 11 is 0.802. The highest BCUT2D eigenvalue weighted by molar-refractivity contribution is 8.18. The summed E-state index contributed by atoms with van der Waals surface area (Å²) in [5, 5.41) is 19.1. The molecule has 0 radical (unpaired) electrons. The SMILES string of the molecule is CN(CC(O)c1ccc(O)cc1)C(=O)CCN1C(=O)S/C(=C\c2ccco2)C1=O. The minimum absolute atomic E-state index is 0.0430. The lowest BCUT2D eigenvalue weighted by atomic mass is 10.1. The Kier molecular flexibility index (Phi) is 6.40. The van der Waals surface area contributed by atoms with Crippen molar-refractivity contribution in [2.75, 3.05) is 20.1 Å². The summed E-state index contributed by atoms with van der Waals surface area (Å²) in [7, 11) is 1.54. The van der Waals surface area contributed by atoms with Gasteiger partial charge in [-0.25, -0.2) is 0 Å². The lowest BCUT2D eigenvalue weighted by Gasteiger charge is -2.22. The first kappa shape index (κ1) is 20.7. The van der Waals surface area contributed by atoms with E-state index in [0.29, 0.717) is 11.3 Å². The molecule has 0 bridgehead atoms. The van der Waals surface area contributed by atoms with Crippen LogP contribution in [0.25, 0.3) is 6.08 Å². The summed E-state index contributed by atoms with van der Waals surface area (Å²) in [6, 6.07) is 9.41. The smallest absolute Gasteiger partial charge is 0.293 e. The van der Waals surface area contributed by atoms with Crippen LogP contribution in [0.2, 0.25) is 0 Å². The van der Waals surface area contributed by atoms with Crippen molar-refractivity contribution >= 4 is 34.9 Å². The Hall–Kier alpha value is -3.04. The van der Waals surface area contributed by atoms with Crippen LogP contribution in [0.1, 0.15) is 23.8 Å². The molecule has 1 aromatic carbocycles. The second-order valence-corrected chi connectivity index (χ2v) is 7.47. The van der Waals surface area contributed by atoms with E-state index in [0.717, 1.165) is 16.7 Å². The Labute approximate surface area is 171 Å². The quantitative estimate of drug-likeness (QED) is 0.668. The van der Waals surface area contributed by atoms with E-state index in [2.05, 4.69) is 0 Å². The van der Waals surface area contributed by atoms with Crippen LogP contribution in [0.3, 0.4) is 0 Å². The van der Waals surface area contributed by atoms with E-state index in [1.807, 2.05) is 0 Å². The van der Waals surface area contributed by atoms with Crippen molar-refractivity contribution < 1.29 is 29.0 Å². The molecule has 2 heterocycles. The van der Waals surface area contributed by atoms with E-state index >= 15 is 0 Å². The van der Waals surface area contributed by atoms with Crippen LogP contribution < -0.4 is 0 Å². The van der Waals surface area contributed by atoms with Gasteiger partial charge in [0.25, 0.3) is 11.1 Å². The lowest BCUT2D eigenvalue weighted by Crippen LogP contribution is -2.36. The number of hydrogen-bond acceptors (Lipinski definition) is 7. The van der Waals surface area contributed by atoms with Crippen molar-refractivity contribution in [3.05, 3.63) is 58.9 Å². The number of furan rings is 1. The Bertz CT molecular complexity index is 923. The molecule has 3 rings (SSSR count). The zero-order valence-electron chi connectivity index (χ0n) is 15.6. The third-order valence-electron chi connectivity index (χ3n) is 4.39. The Morgan fingerprint density at radius 2 is 2.00 bits per heavy atom. The predicted octanol–water partition coefficient (Wildman–Crippen LogP) is 2.60. The molecule has 1 atom stereocenters. The summed E-state index contributed by atoms with van der Waals surface area (Å²) in [5.41, 5.74) is 0.566. The maximum absolute atomic E-state index is 12.4. The number of phenols is 1. The molecule has 1 aliphatic rings. The number of carbonyl (C=O) groups excluding carboxylic acids is 3. The average molecular weight is 416 g/mol. The number of rotatable bonds is 7. The number of benzene rings is 1. The van der Waals surface area contributed by atoms with Crippen molar-refractivity contribution in [2.45, 2.75) is 12.5 Å². The Morgan fingerprint density at radius 1 is 1.28 bits per heavy atom. The van der Waals surface area contributed by atoms with Gasteiger partial charge in [-0.15, -0.1) is 0 Å². The van der Waals surface area contributed by atoms with Crippen molar-refractivity contribution in [1.29, 1.82) is 0 Å². The molecule has 0 aliphatic carbocycles. The van der Waals surface area contributed by atoms with Gasteiger partial charge in [0, 0.05) is 26.1 Å². The van der Waals surface area contributed by atoms with Crippen molar-refractivity contribution in [1.82, 2.24) is 9.80 Å². The van der Waals surface area contributed by atoms with E-state index in [1.165, 1.54) is 36.4 Å². The molecule has 1 unspecified atom stereocenters. The predicted molar refractivity (Wildman–Crippen MR) is 107 cm³/mol. The van der Waals surface area contributed by atoms with Gasteiger partial charge in [-0.05, 0) is 41.6 Å². The fraction of sp³-hybridized carbons (Fsp3) is 0.250. The Morgan fingerprint density at radius 3 is 2.66 bits per heavy atom. The molecule has 1 fully saturated rings. The topological polar surface area (TPSA) is 111 Å². The normalized spacial score (nSPS) is 16.5. The van der Waals surface area contributed by atoms with Gasteiger partial charge in [0.05, 0.1) is 23.8 Å². The molecule has 3 amide bonds. The van der Waals surface area contributed by atoms with Gasteiger partial charge in [-0.2, -0.15) is 0 Å². The van der Waals surface area contributed by atoms with Crippen LogP contribution in [0, 0.1) is 0 Å². The first-order valence-corrected chi connectivity index (χ1v) is 9.66. The maximum atomic E-state index is 12.4. The fourth-order valence-electron chi connectivity index (χ4n) is 2.76. The maximum Gasteiger partial charge on any atom is 0.293 e. The number of thioether (sulfide) groups is 1. The summed E-state index contributed by atoms with van der Waals surface area (Å²) < 4.78 is 5.15. The van der Waals surface area contributed by atoms with E-state index in [1.54, 1.807) is 24.3 Å². The van der Waals surface area contributed by atoms with Gasteiger partial charge >= 0.3 is 0 Å². The molecule has 152 valence electrons. The van der Waals surface area contributed by atoms with Gasteiger partial charge in [0.2, 0.25) is 5.91 Å². The molecule has 8 nitrogen and oxygen atoms in total. The van der Waals surface area contributed by atoms with Crippen LogP contribution in [-0.4, -0.2) is 57.2 Å². The van der Waals surface area contributed by atoms with Gasteiger partial charge in [-0.3, -0.25) is 19.3 Å². The van der Waals surface area contributed by atoms with Crippen LogP contribution in [0.5, 0.6) is 5.75 Å². The number of amides is 3. The van der Waals surface area contributed by atoms with Gasteiger partial charge in [0.1, 0.15) is 11.5 Å². The molecule has 9 heteroatoms. The third-order valence-corrected chi connectivity index (χ3v) is 5.30. The standard InChI is InChI=1S/C20H20N2O6S/c1-21(12-16(24)13-4-6-14(23)7-5-13)18(25)8-9-22-19(26)17(29-20(22)27)11-15-3-2-10-28-15/h2-7,10-11,16,23-24H,8-9,12H2,1H3/b17-11-. The number of aliphatic hydroxyl groups excluding tert-OH is 1. The number of hydrogen-bond donors (Lipinski definition) is 2. The van der Waals surface area contributed by atoms with Crippen LogP contribution in [0.15, 0.2) is 52.0 Å². The summed E-state index contributed by atoms with van der Waals surface area (Å²) in [4.78, 5) is 39.5. The average Bonchev–Trinajstić information content (AvgIpc) is 3.29. The number of nitrogens with zero attached hydrogens (tertiary/aromatic N) is 2. The molecule has 0 spiro atoms. The summed E-state index contributed by atoms with van der Waals surface area (Å²) in [6.07, 6.45) is 1.99. The molecule has 1 saturated heterocycles. The van der Waals surface area contributed by atoms with Crippen molar-refractivity contribution in [3.8, 4) is 5.75 Å². The molecule has 1 aromatic heterocycles. The number of aliphatic hydroxyl groups is 1. The molecular weight excluding hydrogens is 396 g/mol. The Balaban J connectivity index is 1.53. The minimum Gasteiger partial charge on any atom is -0.508 e. The van der Waals surface area contributed by atoms with Crippen LogP contribution in [0.4, 0.5) is 4.79 Å². The summed E-state index contributed by atoms with van der Waals surface area (Å²) in [6.45, 7) is 0.00252. The second-order valence-electron chi connectivity index (χ2n) is 6.48. The molecular formula is C20H20N2O6S. The molecule has 0 saturated carbocycles. The highest BCUT2D eigenvalue weighted by Crippen LogP contribution is 2.32. The molecule has 1 aliphatic heterocycles. The lowest BCUT2D eigenvalue weighted by molar-refractivity contribution is -0.131. The highest BCUT2D eigenvalue weighted by Gasteiger charge is 2.35. The monoisotopic (exact) mass is 416 g/mol. The first-order chi connectivity index (χ1) is 13.8. The molecule has 2 aromatic rings. The highest BCUT2D eigenvalue weighted by atomic mass is 32.2. The number of phenolic OH excluding ortho intramolecular Hbond substituents is 1. The largest absolute Gasteiger partial charge is 0.508 e. The van der Waals surface area contributed by atoms with Crippen molar-refractivity contribution in [3.63, 3.8) is 0 Å². The van der Waals surface area contributed by atoms with Gasteiger partial charge < -0.3 is 19.5 Å². The van der Waals surface area contributed by atoms with Gasteiger partial charge in [0.15, 0.2) is 0 Å². The summed E-state index contributed by atoms with van der Waals surface area (Å²) in [5.74, 6) is -0.217. The third kappa shape index (κ3) is 5.07. The van der Waals surface area contributed by atoms with Crippen molar-refractivity contribution in [2.24, 2.45) is 0 Å². The minimum atomic E-state index is -0.919. The van der Waals surface area contributed by atoms with Crippen LogP contribution in [-0.2, 0) is 9.59 Å². The van der Waals surface area contributed by atoms with E-state index < -0.39 is 17.3 Å². The zero-order chi connectivity index (χ0) is 21.0. The fourth-order valence-corrected chi connectivity index (χ4v) is 3.60. The number of aromatic hydroxyl groups is 1. The van der Waals surface area contributed by atoms with Gasteiger partial charge in [-0.1, -0.05) is 12.1 Å². The number of likely N-dealkylation sites (N-methyl/N-ethyl adjacent to an activating group) is 1. The molecule has 2 N–H and O–H groups in total. The first-order valence-electron chi connectivity index (χ1n) is 8.85. The van der Waals surface area contributed by atoms with Crippen LogP contribution >= 0.6 is 11.8 Å². The zero-order valence-corrected chi connectivity index (χ0v) is 16.5.